The highest BCUT2D eigenvalue weighted by molar-refractivity contribution is 5.90. The fourth-order valence-corrected chi connectivity index (χ4v) is 4.90. The van der Waals surface area contributed by atoms with E-state index >= 15 is 0 Å². The number of carboxylic acid groups (broad SMARTS) is 1. The predicted octanol–water partition coefficient (Wildman–Crippen LogP) is 3.06. The molecular formula is C27H35N3O8. The second-order valence-corrected chi connectivity index (χ2v) is 10.8. The molecule has 206 valence electrons. The first-order chi connectivity index (χ1) is 18.0. The number of amides is 3. The number of carbonyl (C=O) groups is 4. The van der Waals surface area contributed by atoms with Crippen molar-refractivity contribution < 1.29 is 38.5 Å². The van der Waals surface area contributed by atoms with Gasteiger partial charge in [0.1, 0.15) is 30.5 Å². The number of ether oxygens (including phenoxy) is 3. The summed E-state index contributed by atoms with van der Waals surface area (Å²) in [7, 11) is 0. The number of nitrogens with zero attached hydrogens (tertiary/aromatic N) is 2. The molecule has 3 amide bonds. The van der Waals surface area contributed by atoms with Crippen molar-refractivity contribution in [2.24, 2.45) is 5.41 Å². The molecule has 1 fully saturated rings. The van der Waals surface area contributed by atoms with Crippen LogP contribution in [0.25, 0.3) is 0 Å². The zero-order chi connectivity index (χ0) is 27.4. The van der Waals surface area contributed by atoms with E-state index in [2.05, 4.69) is 5.32 Å². The number of hydrogen-bond donors (Lipinski definition) is 2. The van der Waals surface area contributed by atoms with Crippen molar-refractivity contribution >= 4 is 24.1 Å². The Morgan fingerprint density at radius 2 is 1.89 bits per heavy atom. The lowest BCUT2D eigenvalue weighted by atomic mass is 9.85. The second kappa shape index (κ2) is 11.3. The quantitative estimate of drug-likeness (QED) is 0.530. The highest BCUT2D eigenvalue weighted by Crippen LogP contribution is 2.33. The van der Waals surface area contributed by atoms with Crippen LogP contribution in [0.2, 0.25) is 0 Å². The average Bonchev–Trinajstić information content (AvgIpc) is 3.47. The smallest absolute Gasteiger partial charge is 0.410 e. The SMILES string of the molecule is CC(C)(C)[C@@H]1NC(=O)OCCCC=CCOc2cccc3c2CN(C3)C(=O)O[C@@H]2CC(C(=O)O)N(C2)C1=O. The Morgan fingerprint density at radius 1 is 1.11 bits per heavy atom. The number of nitrogens with one attached hydrogen (secondary N) is 1. The summed E-state index contributed by atoms with van der Waals surface area (Å²) >= 11 is 0. The summed E-state index contributed by atoms with van der Waals surface area (Å²) in [5.74, 6) is -1.08. The third-order valence-electron chi connectivity index (χ3n) is 6.92. The maximum absolute atomic E-state index is 13.6. The van der Waals surface area contributed by atoms with Crippen molar-refractivity contribution in [3.05, 3.63) is 41.5 Å². The summed E-state index contributed by atoms with van der Waals surface area (Å²) < 4.78 is 16.9. The summed E-state index contributed by atoms with van der Waals surface area (Å²) in [5.41, 5.74) is 1.13. The molecule has 11 heteroatoms. The Kier molecular flexibility index (Phi) is 8.13. The van der Waals surface area contributed by atoms with Gasteiger partial charge in [-0.2, -0.15) is 0 Å². The van der Waals surface area contributed by atoms with Gasteiger partial charge in [-0.3, -0.25) is 9.69 Å². The molecular weight excluding hydrogens is 494 g/mol. The van der Waals surface area contributed by atoms with Gasteiger partial charge in [0.15, 0.2) is 0 Å². The zero-order valence-electron chi connectivity index (χ0n) is 22.0. The number of rotatable bonds is 1. The summed E-state index contributed by atoms with van der Waals surface area (Å²) in [6.45, 7) is 6.38. The van der Waals surface area contributed by atoms with Crippen molar-refractivity contribution in [3.8, 4) is 5.75 Å². The number of fused-ring (bicyclic) bond motifs is 3. The fourth-order valence-electron chi connectivity index (χ4n) is 4.90. The minimum absolute atomic E-state index is 0.0460. The van der Waals surface area contributed by atoms with E-state index in [4.69, 9.17) is 14.2 Å². The van der Waals surface area contributed by atoms with Gasteiger partial charge in [-0.15, -0.1) is 0 Å². The van der Waals surface area contributed by atoms with Crippen molar-refractivity contribution in [1.29, 1.82) is 0 Å². The van der Waals surface area contributed by atoms with Crippen LogP contribution in [0, 0.1) is 5.41 Å². The van der Waals surface area contributed by atoms with Crippen LogP contribution in [0.4, 0.5) is 9.59 Å². The molecule has 0 saturated carbocycles. The predicted molar refractivity (Wildman–Crippen MR) is 135 cm³/mol. The third kappa shape index (κ3) is 6.20. The highest BCUT2D eigenvalue weighted by atomic mass is 16.6. The lowest BCUT2D eigenvalue weighted by molar-refractivity contribution is -0.150. The number of hydrogen-bond acceptors (Lipinski definition) is 7. The largest absolute Gasteiger partial charge is 0.489 e. The minimum Gasteiger partial charge on any atom is -0.489 e. The number of allylic oxidation sites excluding steroid dienone is 1. The topological polar surface area (TPSA) is 135 Å². The molecule has 0 radical (unpaired) electrons. The molecule has 4 bridgehead atoms. The Hall–Kier alpha value is -3.76. The van der Waals surface area contributed by atoms with Crippen molar-refractivity contribution in [3.63, 3.8) is 0 Å². The van der Waals surface area contributed by atoms with Crippen LogP contribution in [0.1, 0.15) is 51.2 Å². The summed E-state index contributed by atoms with van der Waals surface area (Å²) in [4.78, 5) is 53.8. The van der Waals surface area contributed by atoms with E-state index in [1.54, 1.807) is 20.8 Å². The average molecular weight is 530 g/mol. The molecule has 1 saturated heterocycles. The van der Waals surface area contributed by atoms with Gasteiger partial charge >= 0.3 is 18.2 Å². The van der Waals surface area contributed by atoms with E-state index in [0.29, 0.717) is 38.3 Å². The van der Waals surface area contributed by atoms with Gasteiger partial charge in [0, 0.05) is 18.5 Å². The normalized spacial score (nSPS) is 25.1. The lowest BCUT2D eigenvalue weighted by Crippen LogP contribution is -2.57. The Morgan fingerprint density at radius 3 is 2.63 bits per heavy atom. The number of benzene rings is 1. The molecule has 0 aromatic heterocycles. The van der Waals surface area contributed by atoms with Gasteiger partial charge in [-0.1, -0.05) is 45.1 Å². The summed E-state index contributed by atoms with van der Waals surface area (Å²) in [6.07, 6.45) is 2.89. The number of carbonyl (C=O) groups excluding carboxylic acids is 3. The van der Waals surface area contributed by atoms with Gasteiger partial charge < -0.3 is 29.5 Å². The standard InChI is InChI=1S/C27H35N3O8/c1-27(2,3)22-23(31)30-15-18(13-20(30)24(32)33)38-26(35)29-14-17-9-8-10-21(19(17)16-29)36-11-6-4-5-7-12-37-25(34)28-22/h4,6,8-10,18,20,22H,5,7,11-16H2,1-3H3,(H,28,34)(H,32,33)/t18-,20?,22-/m1/s1. The minimum atomic E-state index is -1.20. The lowest BCUT2D eigenvalue weighted by Gasteiger charge is -2.34. The van der Waals surface area contributed by atoms with E-state index in [1.165, 1.54) is 9.80 Å². The number of alkyl carbamates (subject to hydrolysis) is 1. The van der Waals surface area contributed by atoms with Crippen molar-refractivity contribution in [2.75, 3.05) is 19.8 Å². The van der Waals surface area contributed by atoms with Gasteiger partial charge in [0.2, 0.25) is 5.91 Å². The second-order valence-electron chi connectivity index (χ2n) is 10.8. The van der Waals surface area contributed by atoms with E-state index in [1.807, 2.05) is 30.4 Å². The van der Waals surface area contributed by atoms with E-state index in [-0.39, 0.29) is 19.6 Å². The first-order valence-electron chi connectivity index (χ1n) is 12.9. The zero-order valence-corrected chi connectivity index (χ0v) is 22.0. The molecule has 3 heterocycles. The summed E-state index contributed by atoms with van der Waals surface area (Å²) in [6, 6.07) is 3.43. The first-order valence-corrected chi connectivity index (χ1v) is 12.9. The highest BCUT2D eigenvalue weighted by Gasteiger charge is 2.46. The van der Waals surface area contributed by atoms with Crippen LogP contribution in [0.15, 0.2) is 30.4 Å². The van der Waals surface area contributed by atoms with E-state index in [0.717, 1.165) is 11.1 Å². The van der Waals surface area contributed by atoms with Crippen LogP contribution in [-0.4, -0.2) is 76.9 Å². The fraction of sp³-hybridized carbons (Fsp3) is 0.556. The summed E-state index contributed by atoms with van der Waals surface area (Å²) in [5, 5.41) is 12.4. The van der Waals surface area contributed by atoms with Gasteiger partial charge in [0.05, 0.1) is 19.7 Å². The molecule has 3 aliphatic heterocycles. The molecule has 0 spiro atoms. The Balaban J connectivity index is 1.57. The van der Waals surface area contributed by atoms with Gasteiger partial charge in [0.25, 0.3) is 0 Å². The molecule has 4 rings (SSSR count). The third-order valence-corrected chi connectivity index (χ3v) is 6.92. The van der Waals surface area contributed by atoms with E-state index < -0.39 is 47.7 Å². The number of cyclic esters (lactones) is 1. The van der Waals surface area contributed by atoms with Crippen molar-refractivity contribution in [2.45, 2.75) is 71.3 Å². The molecule has 2 N–H and O–H groups in total. The molecule has 1 unspecified atom stereocenters. The Labute approximate surface area is 221 Å². The molecule has 11 nitrogen and oxygen atoms in total. The molecule has 1 aromatic rings. The molecule has 38 heavy (non-hydrogen) atoms. The van der Waals surface area contributed by atoms with Crippen LogP contribution in [0.5, 0.6) is 5.75 Å². The van der Waals surface area contributed by atoms with Crippen molar-refractivity contribution in [1.82, 2.24) is 15.1 Å². The number of aliphatic carboxylic acids is 1. The van der Waals surface area contributed by atoms with Gasteiger partial charge in [-0.05, 0) is 29.9 Å². The molecule has 0 aliphatic carbocycles. The van der Waals surface area contributed by atoms with Crippen LogP contribution >= 0.6 is 0 Å². The van der Waals surface area contributed by atoms with Crippen LogP contribution in [-0.2, 0) is 32.2 Å². The molecule has 3 aliphatic rings. The Bertz CT molecular complexity index is 1110. The van der Waals surface area contributed by atoms with E-state index in [9.17, 15) is 24.3 Å². The maximum Gasteiger partial charge on any atom is 0.410 e. The number of carboxylic acids is 1. The van der Waals surface area contributed by atoms with Crippen LogP contribution in [0.3, 0.4) is 0 Å². The monoisotopic (exact) mass is 529 g/mol. The molecule has 3 atom stereocenters. The maximum atomic E-state index is 13.6. The molecule has 1 aromatic carbocycles. The van der Waals surface area contributed by atoms with Gasteiger partial charge in [-0.25, -0.2) is 14.4 Å². The first kappa shape index (κ1) is 27.3. The van der Waals surface area contributed by atoms with Crippen LogP contribution < -0.4 is 10.1 Å².